The summed E-state index contributed by atoms with van der Waals surface area (Å²) in [6.07, 6.45) is 0. The second-order valence-electron chi connectivity index (χ2n) is 6.72. The van der Waals surface area contributed by atoms with E-state index in [0.29, 0.717) is 0 Å². The van der Waals surface area contributed by atoms with Crippen molar-refractivity contribution in [2.45, 2.75) is 37.3 Å². The summed E-state index contributed by atoms with van der Waals surface area (Å²) in [5.74, 6) is 0. The van der Waals surface area contributed by atoms with Crippen molar-refractivity contribution in [3.8, 4) is 0 Å². The first kappa shape index (κ1) is 20.8. The SMILES string of the molecule is CC1=Nc2ccccc2N=C(C)C(Br)C(C)=Nc2ccccc2N=C(C)C1Br. The maximum Gasteiger partial charge on any atom is 0.0904 e. The van der Waals surface area contributed by atoms with Crippen LogP contribution in [-0.4, -0.2) is 32.5 Å². The van der Waals surface area contributed by atoms with Gasteiger partial charge in [-0.3, -0.25) is 20.0 Å². The third-order valence-electron chi connectivity index (χ3n) is 4.42. The molecule has 0 saturated carbocycles. The number of hydrogen-bond acceptors (Lipinski definition) is 4. The van der Waals surface area contributed by atoms with E-state index in [1.165, 1.54) is 0 Å². The van der Waals surface area contributed by atoms with Crippen LogP contribution in [0.25, 0.3) is 0 Å². The van der Waals surface area contributed by atoms with Crippen molar-refractivity contribution in [1.82, 2.24) is 0 Å². The first-order valence-corrected chi connectivity index (χ1v) is 10.9. The van der Waals surface area contributed by atoms with Gasteiger partial charge in [0.1, 0.15) is 0 Å². The van der Waals surface area contributed by atoms with Crippen LogP contribution in [0.4, 0.5) is 22.7 Å². The molecule has 0 aliphatic carbocycles. The molecule has 28 heavy (non-hydrogen) atoms. The Morgan fingerprint density at radius 1 is 0.500 bits per heavy atom. The van der Waals surface area contributed by atoms with Gasteiger partial charge in [-0.2, -0.15) is 0 Å². The van der Waals surface area contributed by atoms with E-state index in [2.05, 4.69) is 31.9 Å². The number of benzene rings is 2. The largest absolute Gasteiger partial charge is 0.254 e. The van der Waals surface area contributed by atoms with Crippen molar-refractivity contribution < 1.29 is 0 Å². The maximum absolute atomic E-state index is 4.83. The van der Waals surface area contributed by atoms with Gasteiger partial charge in [0.05, 0.1) is 32.4 Å². The normalized spacial score (nSPS) is 20.6. The maximum atomic E-state index is 4.83. The number of aliphatic imine (C=N–C) groups is 4. The average Bonchev–Trinajstić information content (AvgIpc) is 2.68. The zero-order valence-electron chi connectivity index (χ0n) is 16.3. The summed E-state index contributed by atoms with van der Waals surface area (Å²) < 4.78 is 0. The lowest BCUT2D eigenvalue weighted by molar-refractivity contribution is 1.34. The van der Waals surface area contributed by atoms with Gasteiger partial charge in [-0.25, -0.2) is 0 Å². The fourth-order valence-corrected chi connectivity index (χ4v) is 3.31. The minimum Gasteiger partial charge on any atom is -0.254 e. The van der Waals surface area contributed by atoms with Gasteiger partial charge in [0.2, 0.25) is 0 Å². The summed E-state index contributed by atoms with van der Waals surface area (Å²) in [4.78, 5) is 19.2. The van der Waals surface area contributed by atoms with Crippen LogP contribution in [0.3, 0.4) is 0 Å². The molecule has 0 spiro atoms. The van der Waals surface area contributed by atoms with E-state index in [0.717, 1.165) is 45.6 Å². The molecule has 6 heteroatoms. The van der Waals surface area contributed by atoms with Crippen molar-refractivity contribution >= 4 is 77.5 Å². The zero-order chi connectivity index (χ0) is 20.3. The Hall–Kier alpha value is -1.92. The third kappa shape index (κ3) is 4.73. The molecule has 144 valence electrons. The van der Waals surface area contributed by atoms with Gasteiger partial charge in [-0.15, -0.1) is 0 Å². The number of para-hydroxylation sites is 4. The minimum atomic E-state index is -0.0735. The molecule has 0 amide bonds. The number of nitrogens with zero attached hydrogens (tertiary/aromatic N) is 4. The van der Waals surface area contributed by atoms with E-state index in [1.807, 2.05) is 76.2 Å². The van der Waals surface area contributed by atoms with Gasteiger partial charge >= 0.3 is 0 Å². The lowest BCUT2D eigenvalue weighted by atomic mass is 10.1. The minimum absolute atomic E-state index is 0.0735. The van der Waals surface area contributed by atoms with Gasteiger partial charge in [0, 0.05) is 22.8 Å². The monoisotopic (exact) mass is 500 g/mol. The van der Waals surface area contributed by atoms with Gasteiger partial charge in [0.25, 0.3) is 0 Å². The quantitative estimate of drug-likeness (QED) is 0.340. The number of fused-ring (bicyclic) bond motifs is 2. The van der Waals surface area contributed by atoms with E-state index in [1.54, 1.807) is 0 Å². The van der Waals surface area contributed by atoms with E-state index >= 15 is 0 Å². The molecule has 0 saturated heterocycles. The van der Waals surface area contributed by atoms with Crippen molar-refractivity contribution in [3.05, 3.63) is 48.5 Å². The summed E-state index contributed by atoms with van der Waals surface area (Å²) in [5, 5.41) is 0. The van der Waals surface area contributed by atoms with Crippen LogP contribution < -0.4 is 0 Å². The Morgan fingerprint density at radius 3 is 0.929 bits per heavy atom. The van der Waals surface area contributed by atoms with E-state index in [9.17, 15) is 0 Å². The Morgan fingerprint density at radius 2 is 0.714 bits per heavy atom. The molecule has 1 heterocycles. The Balaban J connectivity index is 2.23. The van der Waals surface area contributed by atoms with E-state index < -0.39 is 0 Å². The second kappa shape index (κ2) is 9.05. The molecule has 1 aliphatic rings. The molecular weight excluding hydrogens is 480 g/mol. The number of alkyl halides is 2. The highest BCUT2D eigenvalue weighted by Gasteiger charge is 2.17. The summed E-state index contributed by atoms with van der Waals surface area (Å²) in [7, 11) is 0. The van der Waals surface area contributed by atoms with Crippen LogP contribution in [-0.2, 0) is 0 Å². The summed E-state index contributed by atoms with van der Waals surface area (Å²) in [5.41, 5.74) is 7.04. The lowest BCUT2D eigenvalue weighted by Crippen LogP contribution is -2.20. The smallest absolute Gasteiger partial charge is 0.0904 e. The van der Waals surface area contributed by atoms with Crippen molar-refractivity contribution in [1.29, 1.82) is 0 Å². The van der Waals surface area contributed by atoms with Crippen molar-refractivity contribution in [2.75, 3.05) is 0 Å². The first-order chi connectivity index (χ1) is 13.4. The first-order valence-electron chi connectivity index (χ1n) is 9.03. The fraction of sp³-hybridized carbons (Fsp3) is 0.273. The van der Waals surface area contributed by atoms with Gasteiger partial charge in [-0.1, -0.05) is 56.1 Å². The van der Waals surface area contributed by atoms with E-state index in [4.69, 9.17) is 20.0 Å². The summed E-state index contributed by atoms with van der Waals surface area (Å²) in [6.45, 7) is 8.00. The molecule has 4 nitrogen and oxygen atoms in total. The molecule has 0 unspecified atom stereocenters. The molecular formula is C22H22Br2N4. The standard InChI is InChI=1S/C22H22Br2N4/c1-13-21(23)14(2)26-19-11-7-8-12-20(19)28-16(4)22(24)15(3)27-18-10-6-5-9-17(18)25-13/h5-12,21-22H,1-4H3. The van der Waals surface area contributed by atoms with Crippen LogP contribution in [0.15, 0.2) is 68.5 Å². The highest BCUT2D eigenvalue weighted by molar-refractivity contribution is 9.10. The molecule has 0 N–H and O–H groups in total. The molecule has 2 aromatic carbocycles. The number of halogens is 2. The van der Waals surface area contributed by atoms with Crippen LogP contribution in [0, 0.1) is 0 Å². The Bertz CT molecular complexity index is 846. The van der Waals surface area contributed by atoms with Crippen LogP contribution in [0.1, 0.15) is 27.7 Å². The number of rotatable bonds is 0. The molecule has 0 radical (unpaired) electrons. The molecule has 1 aliphatic heterocycles. The second-order valence-corrected chi connectivity index (χ2v) is 8.55. The van der Waals surface area contributed by atoms with Gasteiger partial charge in [-0.05, 0) is 52.0 Å². The van der Waals surface area contributed by atoms with Crippen molar-refractivity contribution in [3.63, 3.8) is 0 Å². The van der Waals surface area contributed by atoms with Crippen LogP contribution in [0.2, 0.25) is 0 Å². The van der Waals surface area contributed by atoms with Gasteiger partial charge in [0.15, 0.2) is 0 Å². The predicted molar refractivity (Wildman–Crippen MR) is 129 cm³/mol. The molecule has 3 rings (SSSR count). The fourth-order valence-electron chi connectivity index (χ4n) is 2.90. The Kier molecular flexibility index (Phi) is 6.73. The highest BCUT2D eigenvalue weighted by Crippen LogP contribution is 2.32. The molecule has 0 bridgehead atoms. The van der Waals surface area contributed by atoms with Crippen LogP contribution in [0.5, 0.6) is 0 Å². The predicted octanol–water partition coefficient (Wildman–Crippen LogP) is 7.30. The molecule has 0 aromatic heterocycles. The highest BCUT2D eigenvalue weighted by atomic mass is 79.9. The lowest BCUT2D eigenvalue weighted by Gasteiger charge is -2.14. The molecule has 0 fully saturated rings. The van der Waals surface area contributed by atoms with Crippen molar-refractivity contribution in [2.24, 2.45) is 20.0 Å². The van der Waals surface area contributed by atoms with Gasteiger partial charge < -0.3 is 0 Å². The third-order valence-corrected chi connectivity index (χ3v) is 7.07. The summed E-state index contributed by atoms with van der Waals surface area (Å²) in [6, 6.07) is 15.8. The number of hydrogen-bond donors (Lipinski definition) is 0. The topological polar surface area (TPSA) is 49.4 Å². The Labute approximate surface area is 182 Å². The van der Waals surface area contributed by atoms with E-state index in [-0.39, 0.29) is 9.65 Å². The molecule has 2 aromatic rings. The summed E-state index contributed by atoms with van der Waals surface area (Å²) >= 11 is 7.48. The zero-order valence-corrected chi connectivity index (χ0v) is 19.5. The average molecular weight is 502 g/mol. The molecule has 0 atom stereocenters. The van der Waals surface area contributed by atoms with Crippen LogP contribution >= 0.6 is 31.9 Å².